The molecule has 1 N–H and O–H groups in total. The zero-order valence-corrected chi connectivity index (χ0v) is 14.0. The van der Waals surface area contributed by atoms with Crippen molar-refractivity contribution in [2.45, 2.75) is 52.0 Å². The van der Waals surface area contributed by atoms with E-state index in [1.165, 1.54) is 15.6 Å². The fourth-order valence-electron chi connectivity index (χ4n) is 2.81. The van der Waals surface area contributed by atoms with Gasteiger partial charge in [0, 0.05) is 11.9 Å². The third kappa shape index (κ3) is 3.21. The summed E-state index contributed by atoms with van der Waals surface area (Å²) in [5, 5.41) is 12.8. The van der Waals surface area contributed by atoms with Crippen LogP contribution in [-0.2, 0) is 15.8 Å². The Hall–Kier alpha value is -0.500. The highest BCUT2D eigenvalue weighted by Crippen LogP contribution is 2.35. The summed E-state index contributed by atoms with van der Waals surface area (Å²) in [6.45, 7) is 8.12. The van der Waals surface area contributed by atoms with E-state index in [1.807, 2.05) is 27.7 Å². The number of rotatable bonds is 3. The molecule has 2 atom stereocenters. The van der Waals surface area contributed by atoms with Crippen molar-refractivity contribution in [3.05, 3.63) is 16.1 Å². The van der Waals surface area contributed by atoms with Crippen molar-refractivity contribution in [3.63, 3.8) is 0 Å². The van der Waals surface area contributed by atoms with Crippen LogP contribution in [0.3, 0.4) is 0 Å². The summed E-state index contributed by atoms with van der Waals surface area (Å²) in [6, 6.07) is -0.368. The lowest BCUT2D eigenvalue weighted by atomic mass is 9.84. The molecule has 2 rings (SSSR count). The van der Waals surface area contributed by atoms with Gasteiger partial charge in [-0.1, -0.05) is 20.8 Å². The summed E-state index contributed by atoms with van der Waals surface area (Å²) in [6.07, 6.45) is -0.0981. The number of aryl methyl sites for hydroxylation is 1. The van der Waals surface area contributed by atoms with E-state index in [0.29, 0.717) is 18.7 Å². The fourth-order valence-corrected chi connectivity index (χ4v) is 5.41. The van der Waals surface area contributed by atoms with Crippen molar-refractivity contribution in [1.29, 1.82) is 0 Å². The highest BCUT2D eigenvalue weighted by Gasteiger charge is 2.46. The van der Waals surface area contributed by atoms with E-state index in [1.54, 1.807) is 5.38 Å². The van der Waals surface area contributed by atoms with Crippen molar-refractivity contribution < 1.29 is 13.5 Å². The van der Waals surface area contributed by atoms with E-state index in [-0.39, 0.29) is 17.2 Å². The molecule has 0 radical (unpaired) electrons. The largest absolute Gasteiger partial charge is 0.391 e. The minimum atomic E-state index is -3.45. The van der Waals surface area contributed by atoms with Gasteiger partial charge in [0.2, 0.25) is 10.0 Å². The van der Waals surface area contributed by atoms with Crippen molar-refractivity contribution >= 4 is 21.4 Å². The van der Waals surface area contributed by atoms with Gasteiger partial charge in [0.15, 0.2) is 0 Å². The van der Waals surface area contributed by atoms with E-state index >= 15 is 0 Å². The average molecular weight is 318 g/mol. The molecule has 2 heterocycles. The summed E-state index contributed by atoms with van der Waals surface area (Å²) < 4.78 is 26.7. The Labute approximate surface area is 124 Å². The number of nitrogens with zero attached hydrogens (tertiary/aromatic N) is 2. The first kappa shape index (κ1) is 15.9. The second kappa shape index (κ2) is 5.36. The zero-order chi connectivity index (χ0) is 15.1. The SMILES string of the molecule is Cc1nc(CS(=O)(=O)N2CC[C@@H](O)[C@H]2C(C)(C)C)cs1. The summed E-state index contributed by atoms with van der Waals surface area (Å²) >= 11 is 1.45. The first-order valence-electron chi connectivity index (χ1n) is 6.70. The van der Waals surface area contributed by atoms with Gasteiger partial charge in [-0.2, -0.15) is 4.31 Å². The van der Waals surface area contributed by atoms with Crippen LogP contribution < -0.4 is 0 Å². The van der Waals surface area contributed by atoms with Crippen molar-refractivity contribution in [2.75, 3.05) is 6.54 Å². The Balaban J connectivity index is 2.24. The second-order valence-corrected chi connectivity index (χ2v) is 9.38. The lowest BCUT2D eigenvalue weighted by Crippen LogP contribution is -2.47. The monoisotopic (exact) mass is 318 g/mol. The van der Waals surface area contributed by atoms with Crippen LogP contribution in [0.4, 0.5) is 0 Å². The molecule has 1 aliphatic heterocycles. The van der Waals surface area contributed by atoms with Crippen molar-refractivity contribution in [1.82, 2.24) is 9.29 Å². The molecule has 0 spiro atoms. The topological polar surface area (TPSA) is 70.5 Å². The minimum absolute atomic E-state index is 0.0867. The van der Waals surface area contributed by atoms with Gasteiger partial charge in [0.1, 0.15) is 5.75 Å². The summed E-state index contributed by atoms with van der Waals surface area (Å²) in [7, 11) is -3.45. The van der Waals surface area contributed by atoms with E-state index < -0.39 is 16.1 Å². The van der Waals surface area contributed by atoms with Crippen LogP contribution in [0, 0.1) is 12.3 Å². The summed E-state index contributed by atoms with van der Waals surface area (Å²) in [4.78, 5) is 4.22. The Morgan fingerprint density at radius 2 is 2.15 bits per heavy atom. The second-order valence-electron chi connectivity index (χ2n) is 6.39. The quantitative estimate of drug-likeness (QED) is 0.922. The van der Waals surface area contributed by atoms with Gasteiger partial charge in [0.05, 0.1) is 22.8 Å². The Bertz CT molecular complexity index is 575. The molecule has 0 saturated carbocycles. The summed E-state index contributed by atoms with van der Waals surface area (Å²) in [5.74, 6) is -0.0867. The van der Waals surface area contributed by atoms with Crippen LogP contribution in [0.25, 0.3) is 0 Å². The normalized spacial score (nSPS) is 25.2. The Morgan fingerprint density at radius 3 is 2.65 bits per heavy atom. The summed E-state index contributed by atoms with van der Waals surface area (Å²) in [5.41, 5.74) is 0.294. The average Bonchev–Trinajstić information content (AvgIpc) is 2.83. The molecule has 1 saturated heterocycles. The number of aliphatic hydroxyl groups excluding tert-OH is 1. The molecule has 5 nitrogen and oxygen atoms in total. The maximum atomic E-state index is 12.6. The number of hydrogen-bond donors (Lipinski definition) is 1. The molecule has 0 aliphatic carbocycles. The number of sulfonamides is 1. The number of aromatic nitrogens is 1. The van der Waals surface area contributed by atoms with Crippen LogP contribution >= 0.6 is 11.3 Å². The van der Waals surface area contributed by atoms with Crippen LogP contribution in [0.2, 0.25) is 0 Å². The molecule has 7 heteroatoms. The van der Waals surface area contributed by atoms with E-state index in [4.69, 9.17) is 0 Å². The molecule has 114 valence electrons. The number of thiazole rings is 1. The maximum absolute atomic E-state index is 12.6. The van der Waals surface area contributed by atoms with Crippen LogP contribution in [-0.4, -0.2) is 41.5 Å². The third-order valence-corrected chi connectivity index (χ3v) is 6.17. The van der Waals surface area contributed by atoms with Gasteiger partial charge in [-0.25, -0.2) is 13.4 Å². The molecule has 0 amide bonds. The smallest absolute Gasteiger partial charge is 0.220 e. The number of aliphatic hydroxyl groups is 1. The highest BCUT2D eigenvalue weighted by molar-refractivity contribution is 7.88. The maximum Gasteiger partial charge on any atom is 0.220 e. The van der Waals surface area contributed by atoms with Crippen molar-refractivity contribution in [3.8, 4) is 0 Å². The molecule has 0 aromatic carbocycles. The molecule has 1 fully saturated rings. The van der Waals surface area contributed by atoms with Gasteiger partial charge in [-0.05, 0) is 18.8 Å². The van der Waals surface area contributed by atoms with Gasteiger partial charge in [-0.3, -0.25) is 0 Å². The first-order valence-corrected chi connectivity index (χ1v) is 9.19. The Kier molecular flexibility index (Phi) is 4.26. The molecule has 0 bridgehead atoms. The van der Waals surface area contributed by atoms with Crippen molar-refractivity contribution in [2.24, 2.45) is 5.41 Å². The molecule has 1 aliphatic rings. The van der Waals surface area contributed by atoms with E-state index in [2.05, 4.69) is 4.98 Å². The molecular formula is C13H22N2O3S2. The highest BCUT2D eigenvalue weighted by atomic mass is 32.2. The standard InChI is InChI=1S/C13H22N2O3S2/c1-9-14-10(7-19-9)8-20(17,18)15-6-5-11(16)12(15)13(2,3)4/h7,11-12,16H,5-6,8H2,1-4H3/t11-,12+/m1/s1. The van der Waals surface area contributed by atoms with Gasteiger partial charge < -0.3 is 5.11 Å². The van der Waals surface area contributed by atoms with Gasteiger partial charge in [-0.15, -0.1) is 11.3 Å². The zero-order valence-electron chi connectivity index (χ0n) is 12.3. The minimum Gasteiger partial charge on any atom is -0.391 e. The predicted molar refractivity (Wildman–Crippen MR) is 80.0 cm³/mol. The first-order chi connectivity index (χ1) is 9.11. The molecule has 20 heavy (non-hydrogen) atoms. The van der Waals surface area contributed by atoms with Gasteiger partial charge in [0.25, 0.3) is 0 Å². The lowest BCUT2D eigenvalue weighted by Gasteiger charge is -2.35. The van der Waals surface area contributed by atoms with Crippen LogP contribution in [0.1, 0.15) is 37.9 Å². The molecule has 1 aromatic rings. The number of hydrogen-bond acceptors (Lipinski definition) is 5. The predicted octanol–water partition coefficient (Wildman–Crippen LogP) is 1.76. The molecule has 1 aromatic heterocycles. The molecule has 0 unspecified atom stereocenters. The fraction of sp³-hybridized carbons (Fsp3) is 0.769. The van der Waals surface area contributed by atoms with E-state index in [0.717, 1.165) is 5.01 Å². The lowest BCUT2D eigenvalue weighted by molar-refractivity contribution is 0.0775. The van der Waals surface area contributed by atoms with Crippen LogP contribution in [0.15, 0.2) is 5.38 Å². The molecular weight excluding hydrogens is 296 g/mol. The van der Waals surface area contributed by atoms with E-state index in [9.17, 15) is 13.5 Å². The van der Waals surface area contributed by atoms with Gasteiger partial charge >= 0.3 is 0 Å². The van der Waals surface area contributed by atoms with Crippen LogP contribution in [0.5, 0.6) is 0 Å². The third-order valence-electron chi connectivity index (χ3n) is 3.56. The Morgan fingerprint density at radius 1 is 1.50 bits per heavy atom.